The van der Waals surface area contributed by atoms with Gasteiger partial charge in [-0.15, -0.1) is 0 Å². The number of benzene rings is 6. The van der Waals surface area contributed by atoms with Crippen molar-refractivity contribution in [2.24, 2.45) is 0 Å². The molecule has 9 rings (SSSR count). The molecule has 1 aliphatic carbocycles. The quantitative estimate of drug-likeness (QED) is 0.204. The summed E-state index contributed by atoms with van der Waals surface area (Å²) < 4.78 is 6.28. The molecule has 6 aromatic carbocycles. The zero-order valence-corrected chi connectivity index (χ0v) is 25.3. The lowest BCUT2D eigenvalue weighted by Crippen LogP contribution is -2.15. The molecule has 0 N–H and O–H groups in total. The van der Waals surface area contributed by atoms with Gasteiger partial charge in [0.25, 0.3) is 0 Å². The number of hydrogen-bond acceptors (Lipinski definition) is 4. The molecular formula is C42H29N3O. The molecule has 8 aromatic rings. The summed E-state index contributed by atoms with van der Waals surface area (Å²) in [4.78, 5) is 15.4. The Balaban J connectivity index is 1.28. The number of nitrogens with zero attached hydrogens (tertiary/aromatic N) is 3. The Morgan fingerprint density at radius 1 is 0.565 bits per heavy atom. The first-order valence-corrected chi connectivity index (χ1v) is 15.7. The Bertz CT molecular complexity index is 2460. The van der Waals surface area contributed by atoms with E-state index in [0.29, 0.717) is 11.6 Å². The van der Waals surface area contributed by atoms with Crippen molar-refractivity contribution in [3.63, 3.8) is 0 Å². The number of aromatic nitrogens is 3. The summed E-state index contributed by atoms with van der Waals surface area (Å²) in [7, 11) is 0. The summed E-state index contributed by atoms with van der Waals surface area (Å²) in [5.74, 6) is 2.36. The minimum absolute atomic E-state index is 0.0186. The molecule has 0 amide bonds. The second-order valence-corrected chi connectivity index (χ2v) is 12.0. The van der Waals surface area contributed by atoms with Crippen LogP contribution in [0, 0.1) is 0 Å². The summed E-state index contributed by atoms with van der Waals surface area (Å²) in [6, 6.07) is 46.4. The van der Waals surface area contributed by atoms with Gasteiger partial charge in [-0.3, -0.25) is 0 Å². The smallest absolute Gasteiger partial charge is 0.163 e. The van der Waals surface area contributed by atoms with Crippen LogP contribution in [0.3, 0.4) is 0 Å². The standard InChI is InChI=1S/C42H29N3O/c1-26-31-16-7-5-12-27(31)22-23-32(26)42-44-40(28-13-3-2-4-14-28)43-41(45-42)30-24-29-15-6-8-17-33(29)36(25-30)34-19-11-21-38-39(34)35-18-9-10-20-37(35)46-38/h2-26,32H,1H3. The van der Waals surface area contributed by atoms with Gasteiger partial charge < -0.3 is 4.42 Å². The molecule has 0 bridgehead atoms. The van der Waals surface area contributed by atoms with E-state index < -0.39 is 0 Å². The van der Waals surface area contributed by atoms with Crippen LogP contribution in [0.25, 0.3) is 72.7 Å². The molecule has 0 saturated heterocycles. The van der Waals surface area contributed by atoms with Crippen LogP contribution in [0.5, 0.6) is 0 Å². The SMILES string of the molecule is CC1c2ccccc2C=CC1c1nc(-c2ccccc2)nc(-c2cc(-c3cccc4oc5ccccc5c34)c3ccccc3c2)n1. The molecule has 46 heavy (non-hydrogen) atoms. The van der Waals surface area contributed by atoms with Crippen LogP contribution < -0.4 is 0 Å². The molecule has 2 heterocycles. The van der Waals surface area contributed by atoms with Gasteiger partial charge in [0, 0.05) is 27.8 Å². The van der Waals surface area contributed by atoms with Gasteiger partial charge in [0.05, 0.1) is 0 Å². The van der Waals surface area contributed by atoms with Gasteiger partial charge in [0.1, 0.15) is 17.0 Å². The maximum absolute atomic E-state index is 6.28. The van der Waals surface area contributed by atoms with Gasteiger partial charge in [-0.2, -0.15) is 0 Å². The first-order chi connectivity index (χ1) is 22.7. The average Bonchev–Trinajstić information content (AvgIpc) is 3.51. The third kappa shape index (κ3) is 4.33. The van der Waals surface area contributed by atoms with Crippen LogP contribution in [0.2, 0.25) is 0 Å². The molecule has 1 aliphatic rings. The number of para-hydroxylation sites is 1. The molecule has 0 fully saturated rings. The highest BCUT2D eigenvalue weighted by molar-refractivity contribution is 6.15. The predicted octanol–water partition coefficient (Wildman–Crippen LogP) is 10.8. The van der Waals surface area contributed by atoms with Gasteiger partial charge >= 0.3 is 0 Å². The molecule has 4 nitrogen and oxygen atoms in total. The van der Waals surface area contributed by atoms with Crippen molar-refractivity contribution in [2.45, 2.75) is 18.8 Å². The lowest BCUT2D eigenvalue weighted by Gasteiger charge is -2.26. The minimum Gasteiger partial charge on any atom is -0.456 e. The Hall–Kier alpha value is -5.87. The largest absolute Gasteiger partial charge is 0.456 e. The van der Waals surface area contributed by atoms with E-state index in [0.717, 1.165) is 55.4 Å². The Morgan fingerprint density at radius 2 is 1.28 bits per heavy atom. The summed E-state index contributed by atoms with van der Waals surface area (Å²) in [5.41, 5.74) is 8.49. The van der Waals surface area contributed by atoms with Crippen molar-refractivity contribution >= 4 is 38.8 Å². The van der Waals surface area contributed by atoms with E-state index in [4.69, 9.17) is 19.4 Å². The molecule has 0 aliphatic heterocycles. The van der Waals surface area contributed by atoms with Crippen molar-refractivity contribution in [1.29, 1.82) is 0 Å². The van der Waals surface area contributed by atoms with E-state index in [1.54, 1.807) is 0 Å². The Kier molecular flexibility index (Phi) is 6.13. The van der Waals surface area contributed by atoms with Gasteiger partial charge in [0.15, 0.2) is 11.6 Å². The van der Waals surface area contributed by atoms with Crippen molar-refractivity contribution in [3.8, 4) is 33.9 Å². The maximum atomic E-state index is 6.28. The van der Waals surface area contributed by atoms with Gasteiger partial charge in [-0.25, -0.2) is 15.0 Å². The topological polar surface area (TPSA) is 51.8 Å². The van der Waals surface area contributed by atoms with Gasteiger partial charge in [-0.05, 0) is 63.2 Å². The van der Waals surface area contributed by atoms with Crippen LogP contribution in [0.1, 0.15) is 35.7 Å². The van der Waals surface area contributed by atoms with E-state index in [2.05, 4.69) is 116 Å². The summed E-state index contributed by atoms with van der Waals surface area (Å²) in [6.07, 6.45) is 4.45. The molecular weight excluding hydrogens is 562 g/mol. The van der Waals surface area contributed by atoms with E-state index in [9.17, 15) is 0 Å². The minimum atomic E-state index is 0.0186. The van der Waals surface area contributed by atoms with Crippen LogP contribution in [-0.4, -0.2) is 15.0 Å². The van der Waals surface area contributed by atoms with Crippen LogP contribution in [0.4, 0.5) is 0 Å². The average molecular weight is 592 g/mol. The van der Waals surface area contributed by atoms with Crippen LogP contribution >= 0.6 is 0 Å². The van der Waals surface area contributed by atoms with Crippen LogP contribution in [-0.2, 0) is 0 Å². The fourth-order valence-electron chi connectivity index (χ4n) is 7.00. The summed E-state index contributed by atoms with van der Waals surface area (Å²) in [6.45, 7) is 2.27. The van der Waals surface area contributed by atoms with E-state index in [1.807, 2.05) is 36.4 Å². The first kappa shape index (κ1) is 26.5. The van der Waals surface area contributed by atoms with Gasteiger partial charge in [-0.1, -0.05) is 128 Å². The Morgan fingerprint density at radius 3 is 2.17 bits per heavy atom. The lowest BCUT2D eigenvalue weighted by molar-refractivity contribution is 0.630. The monoisotopic (exact) mass is 591 g/mol. The molecule has 2 aromatic heterocycles. The van der Waals surface area contributed by atoms with Crippen molar-refractivity contribution in [2.75, 3.05) is 0 Å². The molecule has 0 saturated carbocycles. The Labute approximate surface area is 266 Å². The normalized spacial score (nSPS) is 15.8. The van der Waals surface area contributed by atoms with Crippen molar-refractivity contribution in [1.82, 2.24) is 15.0 Å². The number of rotatable bonds is 4. The highest BCUT2D eigenvalue weighted by atomic mass is 16.3. The zero-order chi connectivity index (χ0) is 30.6. The highest BCUT2D eigenvalue weighted by Crippen LogP contribution is 2.42. The predicted molar refractivity (Wildman–Crippen MR) is 188 cm³/mol. The van der Waals surface area contributed by atoms with Gasteiger partial charge in [0.2, 0.25) is 0 Å². The fraction of sp³-hybridized carbons (Fsp3) is 0.0714. The molecule has 2 atom stereocenters. The third-order valence-corrected chi connectivity index (χ3v) is 9.30. The van der Waals surface area contributed by atoms with Crippen LogP contribution in [0.15, 0.2) is 144 Å². The fourth-order valence-corrected chi connectivity index (χ4v) is 7.00. The molecule has 0 radical (unpaired) electrons. The molecule has 2 unspecified atom stereocenters. The maximum Gasteiger partial charge on any atom is 0.163 e. The number of fused-ring (bicyclic) bond motifs is 5. The van der Waals surface area contributed by atoms with E-state index in [1.165, 1.54) is 16.5 Å². The van der Waals surface area contributed by atoms with E-state index in [-0.39, 0.29) is 11.8 Å². The van der Waals surface area contributed by atoms with Crippen molar-refractivity contribution < 1.29 is 4.42 Å². The summed E-state index contributed by atoms with van der Waals surface area (Å²) in [5, 5.41) is 4.52. The molecule has 4 heteroatoms. The third-order valence-electron chi connectivity index (χ3n) is 9.30. The zero-order valence-electron chi connectivity index (χ0n) is 25.3. The number of hydrogen-bond donors (Lipinski definition) is 0. The number of allylic oxidation sites excluding steroid dienone is 1. The molecule has 0 spiro atoms. The second-order valence-electron chi connectivity index (χ2n) is 12.0. The molecule has 218 valence electrons. The first-order valence-electron chi connectivity index (χ1n) is 15.7. The summed E-state index contributed by atoms with van der Waals surface area (Å²) >= 11 is 0. The highest BCUT2D eigenvalue weighted by Gasteiger charge is 2.27. The number of furan rings is 1. The second kappa shape index (κ2) is 10.6. The lowest BCUT2D eigenvalue weighted by atomic mass is 9.80. The van der Waals surface area contributed by atoms with E-state index >= 15 is 0 Å². The van der Waals surface area contributed by atoms with Crippen molar-refractivity contribution in [3.05, 3.63) is 156 Å².